The first-order valence-electron chi connectivity index (χ1n) is 12.0. The highest BCUT2D eigenvalue weighted by atomic mass is 32.2. The van der Waals surface area contributed by atoms with Crippen molar-refractivity contribution in [3.05, 3.63) is 108 Å². The molecule has 37 heavy (non-hydrogen) atoms. The molecule has 0 aliphatic carbocycles. The van der Waals surface area contributed by atoms with Crippen molar-refractivity contribution in [1.29, 1.82) is 0 Å². The summed E-state index contributed by atoms with van der Waals surface area (Å²) in [6.07, 6.45) is 0. The standard InChI is InChI=1S/C30H24N2O3S2/c1-30(2,27-22-13-5-7-16-25(22)37(34,35)26-17-8-6-14-23(26)27)28(33)32-29-31-24(18-36-29)21-15-9-11-19-10-3-4-12-20(19)21/h3-18,27H,1-2H3,(H,31,32,33). The molecule has 0 atom stereocenters. The average molecular weight is 525 g/mol. The Kier molecular flexibility index (Phi) is 5.51. The fraction of sp³-hybridized carbons (Fsp3) is 0.133. The third-order valence-electron chi connectivity index (χ3n) is 7.14. The summed E-state index contributed by atoms with van der Waals surface area (Å²) in [6.45, 7) is 3.72. The summed E-state index contributed by atoms with van der Waals surface area (Å²) in [7, 11) is -3.67. The second kappa shape index (κ2) is 8.64. The van der Waals surface area contributed by atoms with E-state index >= 15 is 0 Å². The van der Waals surface area contributed by atoms with Crippen LogP contribution in [0.2, 0.25) is 0 Å². The Morgan fingerprint density at radius 3 is 2.14 bits per heavy atom. The SMILES string of the molecule is CC(C)(C(=O)Nc1nc(-c2cccc3ccccc23)cs1)C1c2ccccc2S(=O)(=O)c2ccccc21. The minimum Gasteiger partial charge on any atom is -0.301 e. The van der Waals surface area contributed by atoms with Crippen molar-refractivity contribution in [1.82, 2.24) is 4.98 Å². The number of aromatic nitrogens is 1. The Balaban J connectivity index is 1.36. The molecule has 0 unspecified atom stereocenters. The van der Waals surface area contributed by atoms with Crippen LogP contribution in [0.15, 0.2) is 106 Å². The molecule has 5 aromatic rings. The molecule has 1 amide bonds. The number of carbonyl (C=O) groups is 1. The van der Waals surface area contributed by atoms with Crippen LogP contribution in [-0.4, -0.2) is 19.3 Å². The first kappa shape index (κ1) is 23.6. The Labute approximate surface area is 219 Å². The monoisotopic (exact) mass is 524 g/mol. The number of thiazole rings is 1. The third kappa shape index (κ3) is 3.77. The number of sulfone groups is 1. The van der Waals surface area contributed by atoms with Crippen molar-refractivity contribution in [2.24, 2.45) is 5.41 Å². The number of hydrogen-bond donors (Lipinski definition) is 1. The van der Waals surface area contributed by atoms with Gasteiger partial charge in [0.25, 0.3) is 0 Å². The van der Waals surface area contributed by atoms with E-state index in [9.17, 15) is 13.2 Å². The number of amides is 1. The average Bonchev–Trinajstić information content (AvgIpc) is 3.36. The molecule has 0 saturated carbocycles. The summed E-state index contributed by atoms with van der Waals surface area (Å²) in [6, 6.07) is 28.2. The number of hydrogen-bond acceptors (Lipinski definition) is 5. The second-order valence-electron chi connectivity index (χ2n) is 9.75. The molecule has 0 fully saturated rings. The molecule has 1 N–H and O–H groups in total. The van der Waals surface area contributed by atoms with Crippen LogP contribution < -0.4 is 5.32 Å². The predicted octanol–water partition coefficient (Wildman–Crippen LogP) is 6.91. The third-order valence-corrected chi connectivity index (χ3v) is 9.80. The fourth-order valence-electron chi connectivity index (χ4n) is 5.28. The summed E-state index contributed by atoms with van der Waals surface area (Å²) >= 11 is 1.38. The van der Waals surface area contributed by atoms with Crippen LogP contribution in [0.1, 0.15) is 30.9 Å². The van der Waals surface area contributed by atoms with Gasteiger partial charge in [-0.1, -0.05) is 92.7 Å². The minimum atomic E-state index is -3.67. The largest absolute Gasteiger partial charge is 0.301 e. The quantitative estimate of drug-likeness (QED) is 0.277. The van der Waals surface area contributed by atoms with Crippen LogP contribution >= 0.6 is 11.3 Å². The van der Waals surface area contributed by atoms with E-state index in [1.54, 1.807) is 24.3 Å². The van der Waals surface area contributed by atoms with Gasteiger partial charge in [-0.15, -0.1) is 11.3 Å². The van der Waals surface area contributed by atoms with Crippen molar-refractivity contribution in [2.75, 3.05) is 5.32 Å². The predicted molar refractivity (Wildman–Crippen MR) is 148 cm³/mol. The molecule has 0 radical (unpaired) electrons. The van der Waals surface area contributed by atoms with Gasteiger partial charge in [0.1, 0.15) is 0 Å². The lowest BCUT2D eigenvalue weighted by molar-refractivity contribution is -0.124. The molecule has 7 heteroatoms. The highest BCUT2D eigenvalue weighted by Gasteiger charge is 2.46. The van der Waals surface area contributed by atoms with Gasteiger partial charge in [0.2, 0.25) is 15.7 Å². The van der Waals surface area contributed by atoms with Gasteiger partial charge in [-0.2, -0.15) is 0 Å². The number of benzene rings is 4. The van der Waals surface area contributed by atoms with Crippen LogP contribution in [0.5, 0.6) is 0 Å². The van der Waals surface area contributed by atoms with Crippen LogP contribution in [0, 0.1) is 5.41 Å². The number of fused-ring (bicyclic) bond motifs is 3. The second-order valence-corrected chi connectivity index (χ2v) is 12.5. The van der Waals surface area contributed by atoms with E-state index in [-0.39, 0.29) is 15.7 Å². The molecule has 1 aliphatic heterocycles. The number of nitrogens with one attached hydrogen (secondary N) is 1. The maximum absolute atomic E-state index is 13.8. The van der Waals surface area contributed by atoms with Crippen LogP contribution in [0.3, 0.4) is 0 Å². The number of rotatable bonds is 4. The Morgan fingerprint density at radius 2 is 1.43 bits per heavy atom. The highest BCUT2D eigenvalue weighted by Crippen LogP contribution is 2.50. The first-order chi connectivity index (χ1) is 17.8. The topological polar surface area (TPSA) is 76.1 Å². The molecule has 1 aliphatic rings. The van der Waals surface area contributed by atoms with E-state index in [2.05, 4.69) is 23.5 Å². The molecule has 5 nitrogen and oxygen atoms in total. The molecular formula is C30H24N2O3S2. The molecule has 0 bridgehead atoms. The van der Waals surface area contributed by atoms with E-state index in [4.69, 9.17) is 4.98 Å². The molecule has 1 aromatic heterocycles. The van der Waals surface area contributed by atoms with Crippen LogP contribution in [0.4, 0.5) is 5.13 Å². The molecule has 6 rings (SSSR count). The normalized spacial score (nSPS) is 14.6. The zero-order chi connectivity index (χ0) is 25.8. The summed E-state index contributed by atoms with van der Waals surface area (Å²) < 4.78 is 26.7. The van der Waals surface area contributed by atoms with Crippen LogP contribution in [0.25, 0.3) is 22.0 Å². The Morgan fingerprint density at radius 1 is 0.838 bits per heavy atom. The van der Waals surface area contributed by atoms with Gasteiger partial charge in [-0.05, 0) is 34.0 Å². The van der Waals surface area contributed by atoms with Crippen molar-refractivity contribution in [2.45, 2.75) is 29.6 Å². The Bertz CT molecular complexity index is 1730. The van der Waals surface area contributed by atoms with Crippen molar-refractivity contribution in [3.8, 4) is 11.3 Å². The van der Waals surface area contributed by atoms with Gasteiger partial charge >= 0.3 is 0 Å². The maximum atomic E-state index is 13.8. The smallest absolute Gasteiger partial charge is 0.232 e. The fourth-order valence-corrected chi connectivity index (χ4v) is 7.73. The minimum absolute atomic E-state index is 0.222. The maximum Gasteiger partial charge on any atom is 0.232 e. The van der Waals surface area contributed by atoms with Gasteiger partial charge < -0.3 is 5.32 Å². The van der Waals surface area contributed by atoms with Crippen LogP contribution in [-0.2, 0) is 14.6 Å². The summed E-state index contributed by atoms with van der Waals surface area (Å²) in [5.41, 5.74) is 2.12. The lowest BCUT2D eigenvalue weighted by atomic mass is 9.70. The van der Waals surface area contributed by atoms with Gasteiger partial charge in [0.15, 0.2) is 5.13 Å². The number of carbonyl (C=O) groups excluding carboxylic acids is 1. The van der Waals surface area contributed by atoms with E-state index in [1.807, 2.05) is 67.8 Å². The highest BCUT2D eigenvalue weighted by molar-refractivity contribution is 7.91. The number of anilines is 1. The van der Waals surface area contributed by atoms with E-state index in [0.717, 1.165) is 22.0 Å². The van der Waals surface area contributed by atoms with Crippen molar-refractivity contribution in [3.63, 3.8) is 0 Å². The van der Waals surface area contributed by atoms with Gasteiger partial charge in [0.05, 0.1) is 20.9 Å². The molecular weight excluding hydrogens is 500 g/mol. The van der Waals surface area contributed by atoms with Gasteiger partial charge in [-0.3, -0.25) is 4.79 Å². The zero-order valence-corrected chi connectivity index (χ0v) is 21.9. The first-order valence-corrected chi connectivity index (χ1v) is 14.3. The van der Waals surface area contributed by atoms with Gasteiger partial charge in [-0.25, -0.2) is 13.4 Å². The summed E-state index contributed by atoms with van der Waals surface area (Å²) in [5.74, 6) is -0.666. The zero-order valence-electron chi connectivity index (χ0n) is 20.3. The Hall–Kier alpha value is -3.81. The van der Waals surface area contributed by atoms with E-state index < -0.39 is 21.2 Å². The summed E-state index contributed by atoms with van der Waals surface area (Å²) in [4.78, 5) is 19.0. The molecule has 0 saturated heterocycles. The molecule has 4 aromatic carbocycles. The summed E-state index contributed by atoms with van der Waals surface area (Å²) in [5, 5.41) is 7.70. The van der Waals surface area contributed by atoms with E-state index in [0.29, 0.717) is 16.3 Å². The molecule has 2 heterocycles. The number of nitrogens with zero attached hydrogens (tertiary/aromatic N) is 1. The lowest BCUT2D eigenvalue weighted by Gasteiger charge is -2.38. The molecule has 184 valence electrons. The lowest BCUT2D eigenvalue weighted by Crippen LogP contribution is -2.39. The van der Waals surface area contributed by atoms with Gasteiger partial charge in [0, 0.05) is 16.9 Å². The molecule has 0 spiro atoms. The van der Waals surface area contributed by atoms with Crippen molar-refractivity contribution >= 4 is 43.0 Å². The van der Waals surface area contributed by atoms with Crippen molar-refractivity contribution < 1.29 is 13.2 Å². The van der Waals surface area contributed by atoms with E-state index in [1.165, 1.54) is 11.3 Å².